The molecule has 0 aliphatic heterocycles. The van der Waals surface area contributed by atoms with Crippen molar-refractivity contribution in [2.45, 2.75) is 33.0 Å². The van der Waals surface area contributed by atoms with Crippen LogP contribution in [0.5, 0.6) is 0 Å². The van der Waals surface area contributed by atoms with E-state index < -0.39 is 11.7 Å². The van der Waals surface area contributed by atoms with Crippen LogP contribution in [0.25, 0.3) is 33.7 Å². The van der Waals surface area contributed by atoms with Gasteiger partial charge in [0.1, 0.15) is 5.82 Å². The lowest BCUT2D eigenvalue weighted by atomic mass is 10.1. The topological polar surface area (TPSA) is 55.6 Å². The van der Waals surface area contributed by atoms with Gasteiger partial charge in [0.25, 0.3) is 0 Å². The van der Waals surface area contributed by atoms with Gasteiger partial charge < -0.3 is 9.88 Å². The Balaban J connectivity index is 1.55. The first kappa shape index (κ1) is 23.0. The number of imidazole rings is 1. The molecule has 5 nitrogen and oxygen atoms in total. The molecular weight excluding hydrogens is 471 g/mol. The number of hydrogen-bond donors (Lipinski definition) is 1. The molecule has 0 saturated carbocycles. The van der Waals surface area contributed by atoms with Crippen molar-refractivity contribution in [3.63, 3.8) is 0 Å². The quantitative estimate of drug-likeness (QED) is 0.271. The van der Waals surface area contributed by atoms with Crippen LogP contribution in [0.1, 0.15) is 31.0 Å². The molecular formula is C26H22F3N5S. The normalized spacial score (nSPS) is 12.0. The van der Waals surface area contributed by atoms with Gasteiger partial charge in [-0.2, -0.15) is 13.2 Å². The smallest absolute Gasteiger partial charge is 0.331 e. The first-order chi connectivity index (χ1) is 16.7. The monoisotopic (exact) mass is 493 g/mol. The van der Waals surface area contributed by atoms with Crippen LogP contribution in [0.3, 0.4) is 0 Å². The van der Waals surface area contributed by atoms with E-state index in [1.165, 1.54) is 17.4 Å². The molecule has 5 aromatic rings. The number of halogens is 3. The molecule has 0 spiro atoms. The van der Waals surface area contributed by atoms with Crippen molar-refractivity contribution in [3.05, 3.63) is 77.4 Å². The van der Waals surface area contributed by atoms with Crippen LogP contribution >= 0.6 is 11.3 Å². The van der Waals surface area contributed by atoms with Gasteiger partial charge in [0, 0.05) is 40.6 Å². The summed E-state index contributed by atoms with van der Waals surface area (Å²) in [6, 6.07) is 13.1. The number of aromatic nitrogens is 4. The predicted octanol–water partition coefficient (Wildman–Crippen LogP) is 7.87. The molecule has 5 rings (SSSR count). The summed E-state index contributed by atoms with van der Waals surface area (Å²) >= 11 is 1.49. The third kappa shape index (κ3) is 4.51. The Morgan fingerprint density at radius 2 is 1.74 bits per heavy atom. The highest BCUT2D eigenvalue weighted by molar-refractivity contribution is 7.14. The zero-order valence-electron chi connectivity index (χ0n) is 19.3. The molecule has 3 aromatic heterocycles. The summed E-state index contributed by atoms with van der Waals surface area (Å²) in [6.45, 7) is 5.98. The van der Waals surface area contributed by atoms with E-state index in [2.05, 4.69) is 15.3 Å². The third-order valence-electron chi connectivity index (χ3n) is 5.72. The van der Waals surface area contributed by atoms with Crippen molar-refractivity contribution in [1.29, 1.82) is 0 Å². The maximum atomic E-state index is 13.3. The van der Waals surface area contributed by atoms with E-state index >= 15 is 0 Å². The zero-order chi connectivity index (χ0) is 24.7. The fourth-order valence-electron chi connectivity index (χ4n) is 4.04. The molecule has 3 heterocycles. The molecule has 0 atom stereocenters. The number of benzene rings is 2. The maximum absolute atomic E-state index is 13.3. The second-order valence-electron chi connectivity index (χ2n) is 8.53. The van der Waals surface area contributed by atoms with E-state index in [9.17, 15) is 13.2 Å². The molecule has 178 valence electrons. The number of rotatable bonds is 5. The fourth-order valence-corrected chi connectivity index (χ4v) is 4.78. The van der Waals surface area contributed by atoms with Crippen LogP contribution in [0.15, 0.2) is 66.3 Å². The highest BCUT2D eigenvalue weighted by atomic mass is 32.1. The molecule has 0 unspecified atom stereocenters. The Morgan fingerprint density at radius 1 is 0.971 bits per heavy atom. The number of hydrogen-bond acceptors (Lipinski definition) is 5. The van der Waals surface area contributed by atoms with Crippen molar-refractivity contribution in [3.8, 4) is 22.6 Å². The Kier molecular flexibility index (Phi) is 5.80. The summed E-state index contributed by atoms with van der Waals surface area (Å²) in [5, 5.41) is 6.09. The molecule has 2 aromatic carbocycles. The molecule has 1 N–H and O–H groups in total. The lowest BCUT2D eigenvalue weighted by Gasteiger charge is -2.15. The third-order valence-corrected chi connectivity index (χ3v) is 6.48. The van der Waals surface area contributed by atoms with Gasteiger partial charge >= 0.3 is 6.18 Å². The van der Waals surface area contributed by atoms with Gasteiger partial charge in [0.15, 0.2) is 5.13 Å². The molecule has 0 aliphatic rings. The van der Waals surface area contributed by atoms with Crippen LogP contribution in [0.2, 0.25) is 0 Å². The average Bonchev–Trinajstić information content (AvgIpc) is 3.44. The molecule has 35 heavy (non-hydrogen) atoms. The lowest BCUT2D eigenvalue weighted by molar-refractivity contribution is -0.137. The second kappa shape index (κ2) is 8.81. The average molecular weight is 494 g/mol. The van der Waals surface area contributed by atoms with E-state index in [1.807, 2.05) is 55.0 Å². The Labute approximate surface area is 204 Å². The van der Waals surface area contributed by atoms with Gasteiger partial charge in [-0.3, -0.25) is 4.98 Å². The minimum atomic E-state index is -4.42. The summed E-state index contributed by atoms with van der Waals surface area (Å²) in [5.74, 6) is 0.506. The molecule has 0 aliphatic carbocycles. The summed E-state index contributed by atoms with van der Waals surface area (Å²) in [4.78, 5) is 13.5. The van der Waals surface area contributed by atoms with Crippen LogP contribution in [0, 0.1) is 6.92 Å². The molecule has 0 amide bonds. The summed E-state index contributed by atoms with van der Waals surface area (Å²) in [5.41, 5.74) is 4.97. The highest BCUT2D eigenvalue weighted by Gasteiger charge is 2.31. The molecule has 9 heteroatoms. The number of alkyl halides is 3. The van der Waals surface area contributed by atoms with Crippen LogP contribution in [-0.4, -0.2) is 19.5 Å². The lowest BCUT2D eigenvalue weighted by Crippen LogP contribution is -2.06. The SMILES string of the molecule is Cc1cc2c(cc1Nc1nc(-c3ccncc3)cs1)nc(-c1cccc(C(F)(F)F)c1)n2C(C)C. The van der Waals surface area contributed by atoms with Crippen molar-refractivity contribution in [1.82, 2.24) is 19.5 Å². The Morgan fingerprint density at radius 3 is 2.46 bits per heavy atom. The van der Waals surface area contributed by atoms with Gasteiger partial charge in [-0.25, -0.2) is 9.97 Å². The van der Waals surface area contributed by atoms with E-state index in [0.29, 0.717) is 16.9 Å². The first-order valence-corrected chi connectivity index (χ1v) is 11.9. The summed E-state index contributed by atoms with van der Waals surface area (Å²) in [6.07, 6.45) is -0.957. The Bertz CT molecular complexity index is 1500. The fraction of sp³-hybridized carbons (Fsp3) is 0.192. The molecule has 0 radical (unpaired) electrons. The molecule has 0 fully saturated rings. The van der Waals surface area contributed by atoms with E-state index in [1.54, 1.807) is 18.5 Å². The number of aryl methyl sites for hydroxylation is 1. The number of fused-ring (bicyclic) bond motifs is 1. The number of pyridine rings is 1. The van der Waals surface area contributed by atoms with Crippen LogP contribution in [-0.2, 0) is 6.18 Å². The number of thiazole rings is 1. The van der Waals surface area contributed by atoms with E-state index in [-0.39, 0.29) is 6.04 Å². The van der Waals surface area contributed by atoms with Crippen molar-refractivity contribution < 1.29 is 13.2 Å². The first-order valence-electron chi connectivity index (χ1n) is 11.0. The predicted molar refractivity (Wildman–Crippen MR) is 134 cm³/mol. The van der Waals surface area contributed by atoms with Crippen molar-refractivity contribution >= 4 is 33.2 Å². The number of nitrogens with zero attached hydrogens (tertiary/aromatic N) is 4. The highest BCUT2D eigenvalue weighted by Crippen LogP contribution is 2.36. The summed E-state index contributed by atoms with van der Waals surface area (Å²) in [7, 11) is 0. The summed E-state index contributed by atoms with van der Waals surface area (Å²) < 4.78 is 42.0. The van der Waals surface area contributed by atoms with Crippen molar-refractivity contribution in [2.24, 2.45) is 0 Å². The van der Waals surface area contributed by atoms with Gasteiger partial charge in [-0.15, -0.1) is 11.3 Å². The van der Waals surface area contributed by atoms with Gasteiger partial charge in [0.05, 0.1) is 22.3 Å². The molecule has 0 bridgehead atoms. The largest absolute Gasteiger partial charge is 0.416 e. The minimum Gasteiger partial charge on any atom is -0.331 e. The van der Waals surface area contributed by atoms with Gasteiger partial charge in [0.2, 0.25) is 0 Å². The maximum Gasteiger partial charge on any atom is 0.416 e. The van der Waals surface area contributed by atoms with E-state index in [4.69, 9.17) is 4.98 Å². The van der Waals surface area contributed by atoms with Crippen LogP contribution in [0.4, 0.5) is 24.0 Å². The van der Waals surface area contributed by atoms with Crippen LogP contribution < -0.4 is 5.32 Å². The number of anilines is 2. The molecule has 0 saturated heterocycles. The van der Waals surface area contributed by atoms with Gasteiger partial charge in [-0.05, 0) is 62.7 Å². The Hall–Kier alpha value is -3.72. The second-order valence-corrected chi connectivity index (χ2v) is 9.39. The van der Waals surface area contributed by atoms with Gasteiger partial charge in [-0.1, -0.05) is 12.1 Å². The number of nitrogens with one attached hydrogen (secondary N) is 1. The minimum absolute atomic E-state index is 0.00429. The standard InChI is InChI=1S/C26H22F3N5S/c1-15(2)34-23-11-16(3)20(32-25-33-22(14-35-25)17-7-9-30-10-8-17)13-21(23)31-24(34)18-5-4-6-19(12-18)26(27,28)29/h4-15H,1-3H3,(H,32,33). The zero-order valence-corrected chi connectivity index (χ0v) is 20.1. The van der Waals surface area contributed by atoms with E-state index in [0.717, 1.165) is 45.3 Å². The van der Waals surface area contributed by atoms with Crippen molar-refractivity contribution in [2.75, 3.05) is 5.32 Å².